The maximum absolute atomic E-state index is 11.6. The Kier molecular flexibility index (Phi) is 7.56. The van der Waals surface area contributed by atoms with Gasteiger partial charge < -0.3 is 15.2 Å². The summed E-state index contributed by atoms with van der Waals surface area (Å²) in [6.45, 7) is 1.48. The SMILES string of the molecule is COC(=O)C(CO)NC(=O)CCSCc1csc(C)n1. The number of aliphatic hydroxyl groups is 1. The van der Waals surface area contributed by atoms with Gasteiger partial charge in [-0.15, -0.1) is 11.3 Å². The van der Waals surface area contributed by atoms with Gasteiger partial charge in [0, 0.05) is 23.3 Å². The second kappa shape index (κ2) is 8.93. The number of carbonyl (C=O) groups excluding carboxylic acids is 2. The van der Waals surface area contributed by atoms with E-state index in [0.717, 1.165) is 16.5 Å². The minimum atomic E-state index is -0.987. The van der Waals surface area contributed by atoms with Crippen molar-refractivity contribution in [2.24, 2.45) is 0 Å². The van der Waals surface area contributed by atoms with Crippen molar-refractivity contribution in [3.63, 3.8) is 0 Å². The van der Waals surface area contributed by atoms with Crippen LogP contribution in [0.15, 0.2) is 5.38 Å². The number of nitrogens with zero attached hydrogens (tertiary/aromatic N) is 1. The molecule has 6 nitrogen and oxygen atoms in total. The molecule has 0 spiro atoms. The number of thiazole rings is 1. The van der Waals surface area contributed by atoms with E-state index in [1.165, 1.54) is 7.11 Å². The first kappa shape index (κ1) is 16.9. The number of methoxy groups -OCH3 is 1. The van der Waals surface area contributed by atoms with Crippen LogP contribution in [0.2, 0.25) is 0 Å². The summed E-state index contributed by atoms with van der Waals surface area (Å²) in [5.74, 6) is 0.461. The van der Waals surface area contributed by atoms with Gasteiger partial charge in [-0.1, -0.05) is 0 Å². The van der Waals surface area contributed by atoms with Gasteiger partial charge in [-0.05, 0) is 6.92 Å². The van der Waals surface area contributed by atoms with Crippen LogP contribution in [-0.4, -0.2) is 47.5 Å². The highest BCUT2D eigenvalue weighted by molar-refractivity contribution is 7.98. The van der Waals surface area contributed by atoms with E-state index < -0.39 is 18.6 Å². The Morgan fingerprint density at radius 3 is 2.90 bits per heavy atom. The summed E-state index contributed by atoms with van der Waals surface area (Å²) < 4.78 is 4.46. The fourth-order valence-electron chi connectivity index (χ4n) is 1.40. The molecule has 0 aromatic carbocycles. The van der Waals surface area contributed by atoms with E-state index in [-0.39, 0.29) is 12.3 Å². The van der Waals surface area contributed by atoms with Crippen LogP contribution in [0.4, 0.5) is 0 Å². The molecule has 1 rings (SSSR count). The molecule has 0 saturated carbocycles. The number of aryl methyl sites for hydroxylation is 1. The standard InChI is InChI=1S/C12H18N2O4S2/c1-8-13-9(7-20-8)6-19-4-3-11(16)14-10(5-15)12(17)18-2/h7,10,15H,3-6H2,1-2H3,(H,14,16). The van der Waals surface area contributed by atoms with Crippen LogP contribution in [-0.2, 0) is 20.1 Å². The molecule has 1 aromatic heterocycles. The van der Waals surface area contributed by atoms with Crippen LogP contribution in [0.5, 0.6) is 0 Å². The fraction of sp³-hybridized carbons (Fsp3) is 0.583. The Labute approximate surface area is 125 Å². The van der Waals surface area contributed by atoms with Crippen LogP contribution >= 0.6 is 23.1 Å². The van der Waals surface area contributed by atoms with E-state index in [9.17, 15) is 9.59 Å². The summed E-state index contributed by atoms with van der Waals surface area (Å²) in [7, 11) is 1.21. The number of nitrogens with one attached hydrogen (secondary N) is 1. The van der Waals surface area contributed by atoms with E-state index in [1.54, 1.807) is 23.1 Å². The number of ether oxygens (including phenoxy) is 1. The van der Waals surface area contributed by atoms with Crippen molar-refractivity contribution in [3.8, 4) is 0 Å². The molecule has 0 saturated heterocycles. The van der Waals surface area contributed by atoms with Gasteiger partial charge in [0.25, 0.3) is 0 Å². The molecule has 8 heteroatoms. The third kappa shape index (κ3) is 5.89. The van der Waals surface area contributed by atoms with Crippen LogP contribution < -0.4 is 5.32 Å². The molecule has 112 valence electrons. The summed E-state index contributed by atoms with van der Waals surface area (Å²) in [5, 5.41) is 14.4. The van der Waals surface area contributed by atoms with E-state index in [4.69, 9.17) is 5.11 Å². The Morgan fingerprint density at radius 2 is 2.35 bits per heavy atom. The van der Waals surface area contributed by atoms with Gasteiger partial charge in [0.05, 0.1) is 24.4 Å². The van der Waals surface area contributed by atoms with E-state index in [1.807, 2.05) is 12.3 Å². The molecule has 1 atom stereocenters. The molecule has 20 heavy (non-hydrogen) atoms. The van der Waals surface area contributed by atoms with E-state index >= 15 is 0 Å². The highest BCUT2D eigenvalue weighted by Gasteiger charge is 2.19. The first-order valence-electron chi connectivity index (χ1n) is 6.03. The van der Waals surface area contributed by atoms with Crippen molar-refractivity contribution < 1.29 is 19.4 Å². The summed E-state index contributed by atoms with van der Waals surface area (Å²) in [4.78, 5) is 27.1. The Hall–Kier alpha value is -1.12. The average Bonchev–Trinajstić information content (AvgIpc) is 2.85. The minimum Gasteiger partial charge on any atom is -0.467 e. The minimum absolute atomic E-state index is 0.279. The van der Waals surface area contributed by atoms with Crippen molar-refractivity contribution in [3.05, 3.63) is 16.1 Å². The number of esters is 1. The van der Waals surface area contributed by atoms with Crippen molar-refractivity contribution in [1.29, 1.82) is 0 Å². The van der Waals surface area contributed by atoms with Crippen LogP contribution in [0.1, 0.15) is 17.1 Å². The molecule has 2 N–H and O–H groups in total. The van der Waals surface area contributed by atoms with Crippen molar-refractivity contribution in [2.75, 3.05) is 19.5 Å². The third-order valence-electron chi connectivity index (χ3n) is 2.39. The zero-order chi connectivity index (χ0) is 15.0. The largest absolute Gasteiger partial charge is 0.467 e. The molecule has 1 aromatic rings. The summed E-state index contributed by atoms with van der Waals surface area (Å²) in [5.41, 5.74) is 1.01. The van der Waals surface area contributed by atoms with Crippen molar-refractivity contribution in [1.82, 2.24) is 10.3 Å². The number of hydrogen-bond donors (Lipinski definition) is 2. The number of aromatic nitrogens is 1. The highest BCUT2D eigenvalue weighted by Crippen LogP contribution is 2.15. The smallest absolute Gasteiger partial charge is 0.330 e. The normalized spacial score (nSPS) is 11.9. The van der Waals surface area contributed by atoms with Gasteiger partial charge in [0.15, 0.2) is 6.04 Å². The molecular formula is C12H18N2O4S2. The number of thioether (sulfide) groups is 1. The zero-order valence-electron chi connectivity index (χ0n) is 11.4. The molecule has 0 fully saturated rings. The topological polar surface area (TPSA) is 88.5 Å². The van der Waals surface area contributed by atoms with Crippen LogP contribution in [0, 0.1) is 6.92 Å². The number of aliphatic hydroxyl groups excluding tert-OH is 1. The second-order valence-electron chi connectivity index (χ2n) is 3.99. The number of hydrogen-bond acceptors (Lipinski definition) is 7. The molecular weight excluding hydrogens is 300 g/mol. The zero-order valence-corrected chi connectivity index (χ0v) is 13.1. The molecule has 0 bridgehead atoms. The third-order valence-corrected chi connectivity index (χ3v) is 4.21. The predicted octanol–water partition coefficient (Wildman–Crippen LogP) is 0.725. The maximum atomic E-state index is 11.6. The summed E-state index contributed by atoms with van der Waals surface area (Å²) in [6.07, 6.45) is 0.279. The van der Waals surface area contributed by atoms with Gasteiger partial charge in [-0.2, -0.15) is 11.8 Å². The molecule has 0 aliphatic carbocycles. The van der Waals surface area contributed by atoms with Crippen LogP contribution in [0.3, 0.4) is 0 Å². The van der Waals surface area contributed by atoms with Crippen molar-refractivity contribution >= 4 is 35.0 Å². The van der Waals surface area contributed by atoms with Gasteiger partial charge in [0.1, 0.15) is 0 Å². The quantitative estimate of drug-likeness (QED) is 0.542. The van der Waals surface area contributed by atoms with Gasteiger partial charge >= 0.3 is 5.97 Å². The van der Waals surface area contributed by atoms with Gasteiger partial charge in [-0.3, -0.25) is 4.79 Å². The van der Waals surface area contributed by atoms with E-state index in [2.05, 4.69) is 15.0 Å². The lowest BCUT2D eigenvalue weighted by Crippen LogP contribution is -2.44. The molecule has 0 aliphatic heterocycles. The molecule has 1 heterocycles. The Bertz CT molecular complexity index is 450. The first-order chi connectivity index (χ1) is 9.56. The number of carbonyl (C=O) groups is 2. The lowest BCUT2D eigenvalue weighted by molar-refractivity contribution is -0.146. The molecule has 1 unspecified atom stereocenters. The molecule has 1 amide bonds. The lowest BCUT2D eigenvalue weighted by atomic mass is 10.3. The van der Waals surface area contributed by atoms with Gasteiger partial charge in [0.2, 0.25) is 5.91 Å². The Balaban J connectivity index is 2.21. The molecule has 0 radical (unpaired) electrons. The Morgan fingerprint density at radius 1 is 1.60 bits per heavy atom. The van der Waals surface area contributed by atoms with Crippen molar-refractivity contribution in [2.45, 2.75) is 25.1 Å². The number of rotatable bonds is 8. The van der Waals surface area contributed by atoms with E-state index in [0.29, 0.717) is 5.75 Å². The summed E-state index contributed by atoms with van der Waals surface area (Å²) in [6, 6.07) is -0.987. The lowest BCUT2D eigenvalue weighted by Gasteiger charge is -2.13. The number of amides is 1. The molecule has 0 aliphatic rings. The maximum Gasteiger partial charge on any atom is 0.330 e. The van der Waals surface area contributed by atoms with Crippen LogP contribution in [0.25, 0.3) is 0 Å². The fourth-order valence-corrected chi connectivity index (χ4v) is 2.95. The predicted molar refractivity (Wildman–Crippen MR) is 78.7 cm³/mol. The summed E-state index contributed by atoms with van der Waals surface area (Å²) >= 11 is 3.20. The highest BCUT2D eigenvalue weighted by atomic mass is 32.2. The first-order valence-corrected chi connectivity index (χ1v) is 8.07. The average molecular weight is 318 g/mol. The monoisotopic (exact) mass is 318 g/mol. The second-order valence-corrected chi connectivity index (χ2v) is 6.15. The van der Waals surface area contributed by atoms with Gasteiger partial charge in [-0.25, -0.2) is 9.78 Å².